The number of benzene rings is 2. The second-order valence-corrected chi connectivity index (χ2v) is 5.25. The third kappa shape index (κ3) is 2.78. The highest BCUT2D eigenvalue weighted by atomic mass is 14.2. The Morgan fingerprint density at radius 2 is 1.05 bits per heavy atom. The second-order valence-electron chi connectivity index (χ2n) is 5.25. The summed E-state index contributed by atoms with van der Waals surface area (Å²) >= 11 is 0. The molecule has 0 heteroatoms. The first kappa shape index (κ1) is 12.2. The van der Waals surface area contributed by atoms with Gasteiger partial charge in [0, 0.05) is 0 Å². The van der Waals surface area contributed by atoms with Crippen LogP contribution >= 0.6 is 0 Å². The Labute approximate surface area is 115 Å². The average Bonchev–Trinajstić information content (AvgIpc) is 2.88. The Bertz CT molecular complexity index is 527. The fourth-order valence-electron chi connectivity index (χ4n) is 2.84. The van der Waals surface area contributed by atoms with Crippen LogP contribution in [-0.4, -0.2) is 0 Å². The third-order valence-corrected chi connectivity index (χ3v) is 3.86. The van der Waals surface area contributed by atoms with Crippen LogP contribution < -0.4 is 0 Å². The van der Waals surface area contributed by atoms with Gasteiger partial charge in [0.25, 0.3) is 0 Å². The van der Waals surface area contributed by atoms with Gasteiger partial charge in [-0.25, -0.2) is 0 Å². The van der Waals surface area contributed by atoms with E-state index in [1.165, 1.54) is 47.9 Å². The molecule has 2 aliphatic carbocycles. The van der Waals surface area contributed by atoms with Crippen molar-refractivity contribution in [3.63, 3.8) is 0 Å². The van der Waals surface area contributed by atoms with Crippen LogP contribution in [-0.2, 0) is 6.42 Å². The molecule has 0 saturated carbocycles. The van der Waals surface area contributed by atoms with Crippen molar-refractivity contribution in [2.75, 3.05) is 0 Å². The van der Waals surface area contributed by atoms with E-state index in [2.05, 4.69) is 60.7 Å². The first-order chi connectivity index (χ1) is 9.45. The molecular formula is C19H20. The van der Waals surface area contributed by atoms with Crippen molar-refractivity contribution < 1.29 is 0 Å². The van der Waals surface area contributed by atoms with E-state index in [9.17, 15) is 0 Å². The lowest BCUT2D eigenvalue weighted by Gasteiger charge is -1.98. The molecule has 4 rings (SSSR count). The highest BCUT2D eigenvalue weighted by Gasteiger charge is 2.15. The molecule has 96 valence electrons. The first-order valence-corrected chi connectivity index (χ1v) is 7.26. The molecule has 2 aromatic carbocycles. The third-order valence-electron chi connectivity index (χ3n) is 3.86. The molecule has 2 aliphatic rings. The van der Waals surface area contributed by atoms with E-state index in [1.54, 1.807) is 0 Å². The van der Waals surface area contributed by atoms with Crippen LogP contribution in [0.4, 0.5) is 0 Å². The number of allylic oxidation sites excluding steroid dienone is 2. The molecule has 0 radical (unpaired) electrons. The van der Waals surface area contributed by atoms with Crippen molar-refractivity contribution >= 4 is 0 Å². The average molecular weight is 248 g/mol. The lowest BCUT2D eigenvalue weighted by molar-refractivity contribution is 0.730. The minimum atomic E-state index is 1.10. The van der Waals surface area contributed by atoms with Gasteiger partial charge in [-0.2, -0.15) is 0 Å². The molecule has 0 spiro atoms. The van der Waals surface area contributed by atoms with Crippen molar-refractivity contribution in [3.05, 3.63) is 71.8 Å². The fraction of sp³-hybridized carbons (Fsp3) is 0.263. The largest absolute Gasteiger partial charge is 0.0885 e. The molecule has 0 fully saturated rings. The molecule has 0 saturated heterocycles. The fourth-order valence-corrected chi connectivity index (χ4v) is 2.84. The minimum Gasteiger partial charge on any atom is -0.0885 e. The molecule has 0 nitrogen and oxygen atoms in total. The Kier molecular flexibility index (Phi) is 3.78. The standard InChI is InChI=1S/C13H10.C6H10/c1-3-7-12-10(5-1)9-11-6-2-4-8-13(11)12;1-2-4-6-5-3-1/h1-8H,9H2;1-2H,3-6H2. The van der Waals surface area contributed by atoms with E-state index in [0.717, 1.165) is 6.42 Å². The Morgan fingerprint density at radius 1 is 0.579 bits per heavy atom. The van der Waals surface area contributed by atoms with Crippen LogP contribution in [0.2, 0.25) is 0 Å². The second kappa shape index (κ2) is 5.88. The first-order valence-electron chi connectivity index (χ1n) is 7.26. The quantitative estimate of drug-likeness (QED) is 0.469. The molecule has 0 bridgehead atoms. The number of fused-ring (bicyclic) bond motifs is 3. The van der Waals surface area contributed by atoms with Crippen LogP contribution in [0.3, 0.4) is 0 Å². The van der Waals surface area contributed by atoms with Crippen LogP contribution in [0.5, 0.6) is 0 Å². The van der Waals surface area contributed by atoms with Crippen LogP contribution in [0.25, 0.3) is 11.1 Å². The van der Waals surface area contributed by atoms with Gasteiger partial charge >= 0.3 is 0 Å². The molecule has 0 aliphatic heterocycles. The van der Waals surface area contributed by atoms with Gasteiger partial charge in [0.1, 0.15) is 0 Å². The monoisotopic (exact) mass is 248 g/mol. The normalized spacial score (nSPS) is 15.2. The molecule has 0 N–H and O–H groups in total. The van der Waals surface area contributed by atoms with Crippen molar-refractivity contribution in [1.82, 2.24) is 0 Å². The zero-order chi connectivity index (χ0) is 12.9. The van der Waals surface area contributed by atoms with E-state index in [4.69, 9.17) is 0 Å². The zero-order valence-corrected chi connectivity index (χ0v) is 11.3. The van der Waals surface area contributed by atoms with Gasteiger partial charge in [0.15, 0.2) is 0 Å². The summed E-state index contributed by atoms with van der Waals surface area (Å²) in [5.41, 5.74) is 5.75. The Hall–Kier alpha value is -1.82. The van der Waals surface area contributed by atoms with E-state index >= 15 is 0 Å². The summed E-state index contributed by atoms with van der Waals surface area (Å²) in [5, 5.41) is 0. The van der Waals surface area contributed by atoms with Gasteiger partial charge in [0.2, 0.25) is 0 Å². The lowest BCUT2D eigenvalue weighted by Crippen LogP contribution is -1.77. The predicted octanol–water partition coefficient (Wildman–Crippen LogP) is 5.37. The number of rotatable bonds is 0. The summed E-state index contributed by atoms with van der Waals surface area (Å²) < 4.78 is 0. The van der Waals surface area contributed by atoms with E-state index < -0.39 is 0 Å². The van der Waals surface area contributed by atoms with Gasteiger partial charge in [0.05, 0.1) is 0 Å². The highest BCUT2D eigenvalue weighted by molar-refractivity contribution is 5.76. The zero-order valence-electron chi connectivity index (χ0n) is 11.3. The van der Waals surface area contributed by atoms with Crippen molar-refractivity contribution in [3.8, 4) is 11.1 Å². The van der Waals surface area contributed by atoms with Crippen LogP contribution in [0.1, 0.15) is 36.8 Å². The summed E-state index contributed by atoms with van der Waals surface area (Å²) in [5.74, 6) is 0. The molecular weight excluding hydrogens is 228 g/mol. The van der Waals surface area contributed by atoms with Gasteiger partial charge in [-0.15, -0.1) is 0 Å². The van der Waals surface area contributed by atoms with E-state index in [0.29, 0.717) is 0 Å². The summed E-state index contributed by atoms with van der Waals surface area (Å²) in [4.78, 5) is 0. The van der Waals surface area contributed by atoms with Crippen molar-refractivity contribution in [2.24, 2.45) is 0 Å². The SMILES string of the molecule is C1=CCCCC1.c1ccc2c(c1)Cc1ccccc1-2. The van der Waals surface area contributed by atoms with Crippen LogP contribution in [0, 0.1) is 0 Å². The molecule has 0 heterocycles. The van der Waals surface area contributed by atoms with E-state index in [1.807, 2.05) is 0 Å². The van der Waals surface area contributed by atoms with Crippen LogP contribution in [0.15, 0.2) is 60.7 Å². The Morgan fingerprint density at radius 3 is 1.47 bits per heavy atom. The van der Waals surface area contributed by atoms with Crippen molar-refractivity contribution in [2.45, 2.75) is 32.1 Å². The molecule has 0 unspecified atom stereocenters. The molecule has 0 atom stereocenters. The summed E-state index contributed by atoms with van der Waals surface area (Å²) in [6.45, 7) is 0. The predicted molar refractivity (Wildman–Crippen MR) is 82.3 cm³/mol. The molecule has 0 aromatic heterocycles. The lowest BCUT2D eigenvalue weighted by atomic mass is 10.1. The van der Waals surface area contributed by atoms with E-state index in [-0.39, 0.29) is 0 Å². The van der Waals surface area contributed by atoms with Gasteiger partial charge in [-0.1, -0.05) is 60.7 Å². The molecule has 19 heavy (non-hydrogen) atoms. The van der Waals surface area contributed by atoms with Gasteiger partial charge in [-0.3, -0.25) is 0 Å². The van der Waals surface area contributed by atoms with Crippen molar-refractivity contribution in [1.29, 1.82) is 0 Å². The highest BCUT2D eigenvalue weighted by Crippen LogP contribution is 2.35. The summed E-state index contributed by atoms with van der Waals surface area (Å²) in [6.07, 6.45) is 11.1. The smallest absolute Gasteiger partial charge is 0.00135 e. The summed E-state index contributed by atoms with van der Waals surface area (Å²) in [6, 6.07) is 17.3. The van der Waals surface area contributed by atoms with Gasteiger partial charge < -0.3 is 0 Å². The van der Waals surface area contributed by atoms with Gasteiger partial charge in [-0.05, 0) is 54.4 Å². The molecule has 2 aromatic rings. The molecule has 0 amide bonds. The maximum atomic E-state index is 2.27. The Balaban J connectivity index is 0.000000155. The summed E-state index contributed by atoms with van der Waals surface area (Å²) in [7, 11) is 0. The number of hydrogen-bond donors (Lipinski definition) is 0. The number of hydrogen-bond acceptors (Lipinski definition) is 0. The maximum Gasteiger partial charge on any atom is -0.00135 e. The minimum absolute atomic E-state index is 1.10. The topological polar surface area (TPSA) is 0 Å². The maximum absolute atomic E-state index is 2.27.